The van der Waals surface area contributed by atoms with Crippen LogP contribution in [0.25, 0.3) is 0 Å². The number of rotatable bonds is 4. The standard InChI is InChI=1S/C11H10F2N2O3/c1-2-18-11(17)10(6-16)15-14-9-5-7(12)3-4-8(9)13/h3-6,16H,2H2,1H3. The van der Waals surface area contributed by atoms with Crippen LogP contribution in [0.1, 0.15) is 6.92 Å². The van der Waals surface area contributed by atoms with Crippen LogP contribution in [0.4, 0.5) is 14.5 Å². The monoisotopic (exact) mass is 256 g/mol. The molecule has 7 heteroatoms. The van der Waals surface area contributed by atoms with Crippen LogP contribution < -0.4 is 0 Å². The van der Waals surface area contributed by atoms with E-state index in [1.54, 1.807) is 6.92 Å². The third-order valence-electron chi connectivity index (χ3n) is 1.78. The van der Waals surface area contributed by atoms with Crippen LogP contribution in [-0.4, -0.2) is 17.7 Å². The first-order valence-electron chi connectivity index (χ1n) is 4.96. The van der Waals surface area contributed by atoms with Gasteiger partial charge >= 0.3 is 5.97 Å². The molecule has 0 heterocycles. The number of azo groups is 1. The molecule has 0 fully saturated rings. The SMILES string of the molecule is CCOC(=O)C(=CO)N=Nc1cc(F)ccc1F. The van der Waals surface area contributed by atoms with E-state index in [9.17, 15) is 13.6 Å². The van der Waals surface area contributed by atoms with E-state index in [4.69, 9.17) is 5.11 Å². The Bertz CT molecular complexity index is 501. The number of hydrogen-bond acceptors (Lipinski definition) is 5. The maximum atomic E-state index is 13.2. The van der Waals surface area contributed by atoms with Gasteiger partial charge in [-0.2, -0.15) is 0 Å². The second-order valence-electron chi connectivity index (χ2n) is 3.03. The fourth-order valence-electron chi connectivity index (χ4n) is 0.995. The third kappa shape index (κ3) is 3.62. The highest BCUT2D eigenvalue weighted by Gasteiger charge is 2.10. The van der Waals surface area contributed by atoms with Crippen molar-refractivity contribution in [2.24, 2.45) is 10.2 Å². The number of benzene rings is 1. The van der Waals surface area contributed by atoms with Gasteiger partial charge in [-0.3, -0.25) is 0 Å². The Balaban J connectivity index is 2.91. The van der Waals surface area contributed by atoms with Crippen LogP contribution in [0, 0.1) is 11.6 Å². The lowest BCUT2D eigenvalue weighted by Gasteiger charge is -1.99. The molecule has 96 valence electrons. The lowest BCUT2D eigenvalue weighted by molar-refractivity contribution is -0.138. The molecule has 0 amide bonds. The van der Waals surface area contributed by atoms with Crippen molar-refractivity contribution < 1.29 is 23.4 Å². The minimum Gasteiger partial charge on any atom is -0.513 e. The molecule has 1 aromatic rings. The van der Waals surface area contributed by atoms with Crippen LogP contribution in [0.5, 0.6) is 0 Å². The first kappa shape index (κ1) is 13.8. The Morgan fingerprint density at radius 3 is 2.83 bits per heavy atom. The summed E-state index contributed by atoms with van der Waals surface area (Å²) in [6.45, 7) is 1.65. The average Bonchev–Trinajstić information content (AvgIpc) is 2.34. The maximum absolute atomic E-state index is 13.2. The zero-order valence-corrected chi connectivity index (χ0v) is 9.43. The number of halogens is 2. The van der Waals surface area contributed by atoms with Gasteiger partial charge in [0.2, 0.25) is 5.70 Å². The van der Waals surface area contributed by atoms with Gasteiger partial charge in [-0.05, 0) is 19.1 Å². The summed E-state index contributed by atoms with van der Waals surface area (Å²) in [6.07, 6.45) is 0.374. The van der Waals surface area contributed by atoms with Crippen molar-refractivity contribution in [3.63, 3.8) is 0 Å². The lowest BCUT2D eigenvalue weighted by atomic mass is 10.3. The molecule has 0 saturated carbocycles. The van der Waals surface area contributed by atoms with Gasteiger partial charge in [0.1, 0.15) is 17.8 Å². The van der Waals surface area contributed by atoms with E-state index >= 15 is 0 Å². The number of aliphatic hydroxyl groups excluding tert-OH is 1. The van der Waals surface area contributed by atoms with Gasteiger partial charge in [0, 0.05) is 6.07 Å². The predicted octanol–water partition coefficient (Wildman–Crippen LogP) is 3.01. The Morgan fingerprint density at radius 2 is 2.22 bits per heavy atom. The second-order valence-corrected chi connectivity index (χ2v) is 3.03. The minimum atomic E-state index is -0.916. The van der Waals surface area contributed by atoms with E-state index in [2.05, 4.69) is 15.0 Å². The Hall–Kier alpha value is -2.31. The van der Waals surface area contributed by atoms with Gasteiger partial charge in [0.25, 0.3) is 0 Å². The molecule has 1 N–H and O–H groups in total. The van der Waals surface area contributed by atoms with Gasteiger partial charge in [-0.1, -0.05) is 0 Å². The molecule has 0 unspecified atom stereocenters. The van der Waals surface area contributed by atoms with Gasteiger partial charge in [-0.25, -0.2) is 13.6 Å². The fraction of sp³-hybridized carbons (Fsp3) is 0.182. The van der Waals surface area contributed by atoms with Crippen molar-refractivity contribution >= 4 is 11.7 Å². The molecule has 1 aromatic carbocycles. The number of ether oxygens (including phenoxy) is 1. The molecule has 18 heavy (non-hydrogen) atoms. The molecule has 0 spiro atoms. The topological polar surface area (TPSA) is 71.2 Å². The van der Waals surface area contributed by atoms with Crippen LogP contribution in [0.3, 0.4) is 0 Å². The smallest absolute Gasteiger partial charge is 0.362 e. The summed E-state index contributed by atoms with van der Waals surface area (Å²) in [5.74, 6) is -2.42. The van der Waals surface area contributed by atoms with Crippen molar-refractivity contribution in [1.82, 2.24) is 0 Å². The summed E-state index contributed by atoms with van der Waals surface area (Å²) in [5, 5.41) is 15.4. The second kappa shape index (κ2) is 6.43. The van der Waals surface area contributed by atoms with Crippen LogP contribution >= 0.6 is 0 Å². The lowest BCUT2D eigenvalue weighted by Crippen LogP contribution is -2.05. The fourth-order valence-corrected chi connectivity index (χ4v) is 0.995. The number of aliphatic hydroxyl groups is 1. The van der Waals surface area contributed by atoms with Gasteiger partial charge < -0.3 is 9.84 Å². The summed E-state index contributed by atoms with van der Waals surface area (Å²) in [7, 11) is 0. The molecule has 0 atom stereocenters. The largest absolute Gasteiger partial charge is 0.513 e. The maximum Gasteiger partial charge on any atom is 0.362 e. The highest BCUT2D eigenvalue weighted by molar-refractivity contribution is 5.87. The van der Waals surface area contributed by atoms with Crippen LogP contribution in [0.15, 0.2) is 40.4 Å². The van der Waals surface area contributed by atoms with E-state index in [-0.39, 0.29) is 6.61 Å². The highest BCUT2D eigenvalue weighted by Crippen LogP contribution is 2.20. The molecule has 0 aromatic heterocycles. The zero-order chi connectivity index (χ0) is 13.5. The number of esters is 1. The summed E-state index contributed by atoms with van der Waals surface area (Å²) in [5.41, 5.74) is -0.904. The zero-order valence-electron chi connectivity index (χ0n) is 9.43. The molecule has 0 radical (unpaired) electrons. The molecule has 1 rings (SSSR count). The van der Waals surface area contributed by atoms with Crippen molar-refractivity contribution in [3.8, 4) is 0 Å². The van der Waals surface area contributed by atoms with Gasteiger partial charge in [0.15, 0.2) is 5.82 Å². The normalized spacial score (nSPS) is 11.8. The molecule has 0 saturated heterocycles. The summed E-state index contributed by atoms with van der Waals surface area (Å²) < 4.78 is 30.5. The number of carbonyl (C=O) groups is 1. The summed E-state index contributed by atoms with van der Waals surface area (Å²) >= 11 is 0. The van der Waals surface area contributed by atoms with Gasteiger partial charge in [0.05, 0.1) is 6.61 Å². The quantitative estimate of drug-likeness (QED) is 0.389. The molecule has 0 bridgehead atoms. The Morgan fingerprint density at radius 1 is 1.50 bits per heavy atom. The molecule has 0 aliphatic rings. The van der Waals surface area contributed by atoms with Crippen molar-refractivity contribution in [3.05, 3.63) is 41.8 Å². The van der Waals surface area contributed by atoms with Crippen LogP contribution in [-0.2, 0) is 9.53 Å². The average molecular weight is 256 g/mol. The first-order chi connectivity index (χ1) is 8.58. The van der Waals surface area contributed by atoms with E-state index in [1.165, 1.54) is 0 Å². The number of nitrogens with zero attached hydrogens (tertiary/aromatic N) is 2. The van der Waals surface area contributed by atoms with Crippen molar-refractivity contribution in [1.29, 1.82) is 0 Å². The molecule has 0 aliphatic carbocycles. The summed E-state index contributed by atoms with van der Waals surface area (Å²) in [6, 6.07) is 2.60. The molecular formula is C11H10F2N2O3. The van der Waals surface area contributed by atoms with E-state index < -0.39 is 29.0 Å². The highest BCUT2D eigenvalue weighted by atomic mass is 19.1. The molecule has 0 aliphatic heterocycles. The Labute approximate surface area is 101 Å². The number of hydrogen-bond donors (Lipinski definition) is 1. The van der Waals surface area contributed by atoms with Crippen LogP contribution in [0.2, 0.25) is 0 Å². The van der Waals surface area contributed by atoms with Gasteiger partial charge in [-0.15, -0.1) is 10.2 Å². The van der Waals surface area contributed by atoms with Crippen molar-refractivity contribution in [2.45, 2.75) is 6.92 Å². The summed E-state index contributed by atoms with van der Waals surface area (Å²) in [4.78, 5) is 11.2. The predicted molar refractivity (Wildman–Crippen MR) is 58.2 cm³/mol. The van der Waals surface area contributed by atoms with Crippen molar-refractivity contribution in [2.75, 3.05) is 6.61 Å². The molecule has 5 nitrogen and oxygen atoms in total. The number of carbonyl (C=O) groups excluding carboxylic acids is 1. The first-order valence-corrected chi connectivity index (χ1v) is 4.96. The Kier molecular flexibility index (Phi) is 4.91. The third-order valence-corrected chi connectivity index (χ3v) is 1.78. The van der Waals surface area contributed by atoms with E-state index in [1.807, 2.05) is 0 Å². The molecular weight excluding hydrogens is 246 g/mol. The van der Waals surface area contributed by atoms with E-state index in [0.29, 0.717) is 6.26 Å². The van der Waals surface area contributed by atoms with E-state index in [0.717, 1.165) is 18.2 Å². The minimum absolute atomic E-state index is 0.0834.